The number of fused-ring (bicyclic) bond motifs is 1. The lowest BCUT2D eigenvalue weighted by atomic mass is 10.0. The molecule has 1 amide bonds. The zero-order valence-corrected chi connectivity index (χ0v) is 13.5. The highest BCUT2D eigenvalue weighted by molar-refractivity contribution is 7.93. The third-order valence-electron chi connectivity index (χ3n) is 3.60. The van der Waals surface area contributed by atoms with E-state index in [1.165, 1.54) is 6.07 Å². The second-order valence-corrected chi connectivity index (χ2v) is 8.26. The number of hydrogen-bond acceptors (Lipinski definition) is 4. The molecule has 1 heterocycles. The summed E-state index contributed by atoms with van der Waals surface area (Å²) < 4.78 is 29.8. The van der Waals surface area contributed by atoms with Crippen LogP contribution in [0.4, 0.5) is 0 Å². The number of benzene rings is 1. The van der Waals surface area contributed by atoms with Gasteiger partial charge in [0.2, 0.25) is 0 Å². The Morgan fingerprint density at radius 3 is 2.55 bits per heavy atom. The summed E-state index contributed by atoms with van der Waals surface area (Å²) in [7, 11) is -3.62. The van der Waals surface area contributed by atoms with Gasteiger partial charge in [-0.25, -0.2) is 8.42 Å². The highest BCUT2D eigenvalue weighted by Gasteiger charge is 2.43. The Morgan fingerprint density at radius 1 is 1.36 bits per heavy atom. The van der Waals surface area contributed by atoms with Crippen LogP contribution in [0.5, 0.6) is 5.75 Å². The van der Waals surface area contributed by atoms with Crippen LogP contribution in [-0.4, -0.2) is 31.6 Å². The molecule has 22 heavy (non-hydrogen) atoms. The normalized spacial score (nSPS) is 18.0. The predicted octanol–water partition coefficient (Wildman–Crippen LogP) is 0.607. The molecule has 120 valence electrons. The fourth-order valence-electron chi connectivity index (χ4n) is 2.22. The predicted molar refractivity (Wildman–Crippen MR) is 82.7 cm³/mol. The number of nitrogens with zero attached hydrogens (tertiary/aromatic N) is 1. The van der Waals surface area contributed by atoms with Gasteiger partial charge in [-0.05, 0) is 38.0 Å². The molecule has 0 spiro atoms. The highest BCUT2D eigenvalue weighted by atomic mass is 32.2. The van der Waals surface area contributed by atoms with Gasteiger partial charge in [0.25, 0.3) is 5.91 Å². The Morgan fingerprint density at radius 2 is 2.00 bits per heavy atom. The molecule has 0 radical (unpaired) electrons. The summed E-state index contributed by atoms with van der Waals surface area (Å²) in [5.41, 5.74) is 11.2. The van der Waals surface area contributed by atoms with Crippen molar-refractivity contribution in [2.24, 2.45) is 16.5 Å². The lowest BCUT2D eigenvalue weighted by Crippen LogP contribution is -2.42. The molecule has 2 rings (SSSR count). The van der Waals surface area contributed by atoms with Gasteiger partial charge in [-0.15, -0.1) is 0 Å². The Balaban J connectivity index is 2.70. The fraction of sp³-hybridized carbons (Fsp3) is 0.429. The molecule has 1 aromatic rings. The van der Waals surface area contributed by atoms with E-state index < -0.39 is 20.5 Å². The topological polar surface area (TPSA) is 125 Å². The van der Waals surface area contributed by atoms with Crippen LogP contribution in [0, 0.1) is 0 Å². The summed E-state index contributed by atoms with van der Waals surface area (Å²) in [6.07, 6.45) is 0.515. The number of aryl methyl sites for hydroxylation is 1. The van der Waals surface area contributed by atoms with Gasteiger partial charge in [0.1, 0.15) is 22.0 Å². The molecule has 7 nitrogen and oxygen atoms in total. The van der Waals surface area contributed by atoms with Crippen LogP contribution in [0.2, 0.25) is 0 Å². The van der Waals surface area contributed by atoms with Gasteiger partial charge in [-0.3, -0.25) is 4.79 Å². The summed E-state index contributed by atoms with van der Waals surface area (Å²) in [6, 6.07) is 2.87. The molecule has 0 unspecified atom stereocenters. The number of aliphatic imine (C=N–C) groups is 1. The molecule has 0 saturated carbocycles. The first-order valence-corrected chi connectivity index (χ1v) is 8.27. The number of carbonyl (C=O) groups excluding carboxylic acids is 1. The average Bonchev–Trinajstić information content (AvgIpc) is 2.41. The third kappa shape index (κ3) is 2.54. The molecule has 0 saturated heterocycles. The summed E-state index contributed by atoms with van der Waals surface area (Å²) in [5.74, 6) is -0.778. The van der Waals surface area contributed by atoms with Crippen molar-refractivity contribution < 1.29 is 17.9 Å². The molecule has 1 aliphatic heterocycles. The Bertz CT molecular complexity index is 763. The quantitative estimate of drug-likeness (QED) is 0.606. The minimum atomic E-state index is -3.62. The van der Waals surface area contributed by atoms with Gasteiger partial charge in [0, 0.05) is 5.56 Å². The number of hydrogen-bond donors (Lipinski definition) is 2. The third-order valence-corrected chi connectivity index (χ3v) is 6.07. The van der Waals surface area contributed by atoms with Crippen LogP contribution < -0.4 is 16.2 Å². The molecule has 8 heteroatoms. The largest absolute Gasteiger partial charge is 0.491 e. The van der Waals surface area contributed by atoms with Crippen molar-refractivity contribution in [1.29, 1.82) is 0 Å². The molecule has 1 aromatic carbocycles. The second kappa shape index (κ2) is 5.28. The fourth-order valence-corrected chi connectivity index (χ4v) is 3.69. The first-order chi connectivity index (χ1) is 10.1. The van der Waals surface area contributed by atoms with Crippen molar-refractivity contribution in [3.63, 3.8) is 0 Å². The molecule has 1 aliphatic rings. The van der Waals surface area contributed by atoms with Crippen LogP contribution >= 0.6 is 0 Å². The molecule has 0 atom stereocenters. The first-order valence-electron chi connectivity index (χ1n) is 6.78. The van der Waals surface area contributed by atoms with E-state index in [0.29, 0.717) is 12.0 Å². The summed E-state index contributed by atoms with van der Waals surface area (Å²) in [5, 5.41) is 0. The lowest BCUT2D eigenvalue weighted by Gasteiger charge is -2.31. The van der Waals surface area contributed by atoms with Crippen LogP contribution in [0.25, 0.3) is 0 Å². The monoisotopic (exact) mass is 325 g/mol. The zero-order valence-electron chi connectivity index (χ0n) is 12.7. The Labute approximate surface area is 129 Å². The number of nitrogens with two attached hydrogens (primary N) is 2. The number of carbonyl (C=O) groups is 1. The second-order valence-electron chi connectivity index (χ2n) is 5.70. The van der Waals surface area contributed by atoms with E-state index in [2.05, 4.69) is 4.99 Å². The number of guanidine groups is 1. The molecule has 0 aliphatic carbocycles. The van der Waals surface area contributed by atoms with E-state index in [4.69, 9.17) is 16.2 Å². The SMILES string of the molecule is CCc1cc2c(cc1C(=O)N=C(N)N)S(=O)(=O)C(C)(C)CO2. The maximum atomic E-state index is 12.6. The van der Waals surface area contributed by atoms with Gasteiger partial charge in [-0.2, -0.15) is 4.99 Å². The maximum Gasteiger partial charge on any atom is 0.280 e. The summed E-state index contributed by atoms with van der Waals surface area (Å²) in [6.45, 7) is 5.06. The number of amides is 1. The number of rotatable bonds is 2. The molecule has 0 fully saturated rings. The zero-order chi connectivity index (χ0) is 16.7. The highest BCUT2D eigenvalue weighted by Crippen LogP contribution is 2.39. The van der Waals surface area contributed by atoms with Gasteiger partial charge in [-0.1, -0.05) is 6.92 Å². The molecule has 0 aromatic heterocycles. The van der Waals surface area contributed by atoms with Crippen LogP contribution in [-0.2, 0) is 16.3 Å². The summed E-state index contributed by atoms with van der Waals surface area (Å²) >= 11 is 0. The smallest absolute Gasteiger partial charge is 0.280 e. The van der Waals surface area contributed by atoms with Crippen LogP contribution in [0.3, 0.4) is 0 Å². The number of sulfone groups is 1. The molecule has 0 bridgehead atoms. The van der Waals surface area contributed by atoms with E-state index in [0.717, 1.165) is 0 Å². The van der Waals surface area contributed by atoms with Gasteiger partial charge >= 0.3 is 0 Å². The minimum absolute atomic E-state index is 0.00454. The standard InChI is InChI=1S/C14H19N3O4S/c1-4-8-5-10-11(6-9(8)12(18)17-13(15)16)22(19,20)14(2,3)7-21-10/h5-6H,4,7H2,1-3H3,(H4,15,16,17,18). The minimum Gasteiger partial charge on any atom is -0.491 e. The van der Waals surface area contributed by atoms with Crippen molar-refractivity contribution in [3.8, 4) is 5.75 Å². The van der Waals surface area contributed by atoms with E-state index in [9.17, 15) is 13.2 Å². The van der Waals surface area contributed by atoms with Crippen molar-refractivity contribution >= 4 is 21.7 Å². The van der Waals surface area contributed by atoms with E-state index in [1.54, 1.807) is 19.9 Å². The van der Waals surface area contributed by atoms with Crippen molar-refractivity contribution in [1.82, 2.24) is 0 Å². The van der Waals surface area contributed by atoms with E-state index >= 15 is 0 Å². The van der Waals surface area contributed by atoms with Crippen molar-refractivity contribution in [2.75, 3.05) is 6.61 Å². The van der Waals surface area contributed by atoms with Gasteiger partial charge in [0.15, 0.2) is 15.8 Å². The van der Waals surface area contributed by atoms with Crippen molar-refractivity contribution in [3.05, 3.63) is 23.3 Å². The van der Waals surface area contributed by atoms with Crippen LogP contribution in [0.1, 0.15) is 36.7 Å². The number of ether oxygens (including phenoxy) is 1. The van der Waals surface area contributed by atoms with Crippen LogP contribution in [0.15, 0.2) is 22.0 Å². The van der Waals surface area contributed by atoms with E-state index in [-0.39, 0.29) is 28.8 Å². The maximum absolute atomic E-state index is 12.6. The summed E-state index contributed by atoms with van der Waals surface area (Å²) in [4.78, 5) is 15.6. The Hall–Kier alpha value is -2.09. The van der Waals surface area contributed by atoms with E-state index in [1.807, 2.05) is 6.92 Å². The molecular weight excluding hydrogens is 306 g/mol. The Kier molecular flexibility index (Phi) is 3.90. The first kappa shape index (κ1) is 16.3. The molecular formula is C14H19N3O4S. The lowest BCUT2D eigenvalue weighted by molar-refractivity contribution is 0.100. The van der Waals surface area contributed by atoms with Gasteiger partial charge < -0.3 is 16.2 Å². The van der Waals surface area contributed by atoms with Crippen molar-refractivity contribution in [2.45, 2.75) is 36.8 Å². The molecule has 4 N–H and O–H groups in total. The van der Waals surface area contributed by atoms with Gasteiger partial charge in [0.05, 0.1) is 0 Å². The average molecular weight is 325 g/mol.